The molecule has 0 aliphatic rings. The summed E-state index contributed by atoms with van der Waals surface area (Å²) in [6.07, 6.45) is 0.983. The first kappa shape index (κ1) is 27.3. The summed E-state index contributed by atoms with van der Waals surface area (Å²) in [6.45, 7) is 10.1. The maximum atomic E-state index is 12.6. The Balaban J connectivity index is 1.58. The summed E-state index contributed by atoms with van der Waals surface area (Å²) >= 11 is 0. The Hall–Kier alpha value is -3.73. The third kappa shape index (κ3) is 5.57. The minimum absolute atomic E-state index is 0.238. The number of nitrogens with zero attached hydrogens (tertiary/aromatic N) is 4. The molecule has 1 unspecified atom stereocenters. The molecule has 1 aromatic carbocycles. The van der Waals surface area contributed by atoms with Crippen molar-refractivity contribution in [3.8, 4) is 22.8 Å². The van der Waals surface area contributed by atoms with Crippen molar-refractivity contribution in [1.29, 1.82) is 0 Å². The number of hydrogen-bond donors (Lipinski definition) is 0. The largest absolute Gasteiger partial charge is 0.534 e. The topological polar surface area (TPSA) is 87.0 Å². The summed E-state index contributed by atoms with van der Waals surface area (Å²) in [5, 5.41) is 8.79. The summed E-state index contributed by atoms with van der Waals surface area (Å²) < 4.78 is 66.7. The number of aryl methyl sites for hydroxylation is 2. The minimum atomic E-state index is -5.77. The van der Waals surface area contributed by atoms with Crippen LogP contribution in [0.1, 0.15) is 49.3 Å². The lowest BCUT2D eigenvalue weighted by molar-refractivity contribution is -0.0500. The molecule has 0 radical (unpaired) electrons. The standard InChI is InChI=1S/C27H27F3N4O3S/c1-17-6-7-18(2)34(17)24-15-14-22(32-33-24)19-8-10-20(11-9-19)25(26(3,4)5)23-13-12-21(16-31-23)37-38(35,36)27(28,29)30/h6-16,25H,1-5H3. The van der Waals surface area contributed by atoms with Gasteiger partial charge in [0.15, 0.2) is 11.6 Å². The number of benzene rings is 1. The molecule has 7 nitrogen and oxygen atoms in total. The molecule has 1 atom stereocenters. The Morgan fingerprint density at radius 2 is 1.47 bits per heavy atom. The predicted molar refractivity (Wildman–Crippen MR) is 137 cm³/mol. The van der Waals surface area contributed by atoms with Gasteiger partial charge in [0.25, 0.3) is 0 Å². The quantitative estimate of drug-likeness (QED) is 0.208. The first-order valence-corrected chi connectivity index (χ1v) is 13.1. The Labute approximate surface area is 219 Å². The van der Waals surface area contributed by atoms with E-state index in [4.69, 9.17) is 0 Å². The van der Waals surface area contributed by atoms with E-state index in [0.29, 0.717) is 11.4 Å². The molecule has 0 amide bonds. The van der Waals surface area contributed by atoms with E-state index in [0.717, 1.165) is 34.5 Å². The number of aromatic nitrogens is 4. The van der Waals surface area contributed by atoms with E-state index in [1.165, 1.54) is 12.1 Å². The first-order valence-electron chi connectivity index (χ1n) is 11.7. The van der Waals surface area contributed by atoms with Crippen molar-refractivity contribution in [2.24, 2.45) is 5.41 Å². The Morgan fingerprint density at radius 3 is 1.95 bits per heavy atom. The van der Waals surface area contributed by atoms with Crippen LogP contribution >= 0.6 is 0 Å². The van der Waals surface area contributed by atoms with Gasteiger partial charge < -0.3 is 8.75 Å². The fraction of sp³-hybridized carbons (Fsp3) is 0.296. The Kier molecular flexibility index (Phi) is 7.09. The van der Waals surface area contributed by atoms with E-state index in [9.17, 15) is 21.6 Å². The highest BCUT2D eigenvalue weighted by molar-refractivity contribution is 7.88. The molecule has 3 heterocycles. The van der Waals surface area contributed by atoms with E-state index >= 15 is 0 Å². The monoisotopic (exact) mass is 544 g/mol. The van der Waals surface area contributed by atoms with Gasteiger partial charge in [-0.3, -0.25) is 4.98 Å². The summed E-state index contributed by atoms with van der Waals surface area (Å²) in [5.74, 6) is -0.0147. The van der Waals surface area contributed by atoms with Crippen molar-refractivity contribution in [3.05, 3.63) is 89.5 Å². The molecule has 0 N–H and O–H groups in total. The van der Waals surface area contributed by atoms with Crippen LogP contribution in [0.4, 0.5) is 13.2 Å². The van der Waals surface area contributed by atoms with Crippen LogP contribution < -0.4 is 4.18 Å². The van der Waals surface area contributed by atoms with Gasteiger partial charge in [0, 0.05) is 28.6 Å². The van der Waals surface area contributed by atoms with E-state index < -0.39 is 21.4 Å². The molecule has 4 rings (SSSR count). The predicted octanol–water partition coefficient (Wildman–Crippen LogP) is 6.35. The molecule has 0 aliphatic heterocycles. The number of pyridine rings is 1. The summed E-state index contributed by atoms with van der Waals surface area (Å²) in [5.41, 5.74) is -0.641. The summed E-state index contributed by atoms with van der Waals surface area (Å²) in [4.78, 5) is 4.24. The Bertz CT molecular complexity index is 1500. The van der Waals surface area contributed by atoms with Crippen LogP contribution in [0.25, 0.3) is 17.1 Å². The van der Waals surface area contributed by atoms with Gasteiger partial charge >= 0.3 is 15.6 Å². The summed E-state index contributed by atoms with van der Waals surface area (Å²) in [7, 11) is -5.77. The molecule has 0 aliphatic carbocycles. The molecule has 0 spiro atoms. The molecule has 4 aromatic rings. The number of alkyl halides is 3. The molecule has 0 saturated carbocycles. The molecule has 3 aromatic heterocycles. The average molecular weight is 545 g/mol. The van der Waals surface area contributed by atoms with E-state index in [2.05, 4.69) is 19.4 Å². The lowest BCUT2D eigenvalue weighted by atomic mass is 9.74. The number of rotatable bonds is 6. The van der Waals surface area contributed by atoms with E-state index in [-0.39, 0.29) is 11.3 Å². The van der Waals surface area contributed by atoms with Crippen LogP contribution in [-0.2, 0) is 10.1 Å². The molecular formula is C27H27F3N4O3S. The summed E-state index contributed by atoms with van der Waals surface area (Å²) in [6, 6.07) is 18.3. The van der Waals surface area contributed by atoms with Gasteiger partial charge in [-0.2, -0.15) is 21.6 Å². The van der Waals surface area contributed by atoms with Crippen molar-refractivity contribution in [3.63, 3.8) is 0 Å². The lowest BCUT2D eigenvalue weighted by Gasteiger charge is -2.31. The lowest BCUT2D eigenvalue weighted by Crippen LogP contribution is -2.28. The fourth-order valence-electron chi connectivity index (χ4n) is 4.37. The molecule has 0 saturated heterocycles. The third-order valence-corrected chi connectivity index (χ3v) is 7.08. The van der Waals surface area contributed by atoms with Gasteiger partial charge in [0.05, 0.1) is 11.9 Å². The van der Waals surface area contributed by atoms with Gasteiger partial charge in [-0.1, -0.05) is 45.0 Å². The van der Waals surface area contributed by atoms with Gasteiger partial charge in [-0.25, -0.2) is 0 Å². The highest BCUT2D eigenvalue weighted by Gasteiger charge is 2.48. The van der Waals surface area contributed by atoms with Crippen LogP contribution in [0.2, 0.25) is 0 Å². The van der Waals surface area contributed by atoms with Gasteiger partial charge in [-0.05, 0) is 61.2 Å². The molecule has 0 fully saturated rings. The van der Waals surface area contributed by atoms with Gasteiger partial charge in [-0.15, -0.1) is 10.2 Å². The second-order valence-electron chi connectivity index (χ2n) is 10.1. The van der Waals surface area contributed by atoms with E-state index in [1.807, 2.05) is 87.7 Å². The first-order chi connectivity index (χ1) is 17.7. The van der Waals surface area contributed by atoms with Crippen molar-refractivity contribution >= 4 is 10.1 Å². The molecule has 11 heteroatoms. The zero-order valence-electron chi connectivity index (χ0n) is 21.5. The second-order valence-corrected chi connectivity index (χ2v) is 11.6. The molecule has 0 bridgehead atoms. The van der Waals surface area contributed by atoms with Crippen LogP contribution in [0.15, 0.2) is 66.9 Å². The average Bonchev–Trinajstić information content (AvgIpc) is 3.17. The van der Waals surface area contributed by atoms with Crippen LogP contribution in [0, 0.1) is 19.3 Å². The third-order valence-electron chi connectivity index (χ3n) is 6.10. The van der Waals surface area contributed by atoms with Crippen molar-refractivity contribution in [2.45, 2.75) is 46.0 Å². The van der Waals surface area contributed by atoms with Gasteiger partial charge in [0.2, 0.25) is 0 Å². The zero-order chi connectivity index (χ0) is 27.9. The van der Waals surface area contributed by atoms with Crippen LogP contribution in [-0.4, -0.2) is 33.7 Å². The smallest absolute Gasteiger partial charge is 0.374 e. The fourth-order valence-corrected chi connectivity index (χ4v) is 4.82. The van der Waals surface area contributed by atoms with E-state index in [1.54, 1.807) is 0 Å². The van der Waals surface area contributed by atoms with Crippen LogP contribution in [0.3, 0.4) is 0 Å². The van der Waals surface area contributed by atoms with Crippen molar-refractivity contribution in [2.75, 3.05) is 0 Å². The van der Waals surface area contributed by atoms with Gasteiger partial charge in [0.1, 0.15) is 0 Å². The maximum Gasteiger partial charge on any atom is 0.534 e. The normalized spacial score (nSPS) is 13.4. The number of halogens is 3. The molecule has 38 heavy (non-hydrogen) atoms. The SMILES string of the molecule is Cc1ccc(C)n1-c1ccc(-c2ccc(C(c3ccc(OS(=O)(=O)C(F)(F)F)cn3)C(C)(C)C)cc2)nn1. The van der Waals surface area contributed by atoms with Crippen LogP contribution in [0.5, 0.6) is 5.75 Å². The molecular weight excluding hydrogens is 517 g/mol. The number of hydrogen-bond acceptors (Lipinski definition) is 6. The minimum Gasteiger partial charge on any atom is -0.374 e. The Morgan fingerprint density at radius 1 is 0.842 bits per heavy atom. The second kappa shape index (κ2) is 9.86. The van der Waals surface area contributed by atoms with Crippen molar-refractivity contribution in [1.82, 2.24) is 19.7 Å². The maximum absolute atomic E-state index is 12.6. The van der Waals surface area contributed by atoms with Crippen molar-refractivity contribution < 1.29 is 25.8 Å². The zero-order valence-corrected chi connectivity index (χ0v) is 22.3. The highest BCUT2D eigenvalue weighted by atomic mass is 32.2. The molecule has 200 valence electrons. The highest BCUT2D eigenvalue weighted by Crippen LogP contribution is 2.40.